The number of pyridine rings is 1. The Morgan fingerprint density at radius 3 is 2.86 bits per heavy atom. The Morgan fingerprint density at radius 2 is 2.19 bits per heavy atom. The zero-order valence-electron chi connectivity index (χ0n) is 12.3. The maximum atomic E-state index is 13.6. The summed E-state index contributed by atoms with van der Waals surface area (Å²) >= 11 is 0. The van der Waals surface area contributed by atoms with Crippen molar-refractivity contribution in [3.63, 3.8) is 0 Å². The minimum Gasteiger partial charge on any atom is -0.379 e. The number of rotatable bonds is 6. The average molecular weight is 296 g/mol. The molecule has 0 spiro atoms. The van der Waals surface area contributed by atoms with Gasteiger partial charge in [0.15, 0.2) is 5.82 Å². The zero-order chi connectivity index (χ0) is 15.1. The lowest BCUT2D eigenvalue weighted by Crippen LogP contribution is -2.41. The lowest BCUT2D eigenvalue weighted by Gasteiger charge is -2.32. The van der Waals surface area contributed by atoms with Crippen LogP contribution in [0.1, 0.15) is 30.1 Å². The van der Waals surface area contributed by atoms with Crippen molar-refractivity contribution in [2.45, 2.75) is 25.9 Å². The molecule has 1 aromatic heterocycles. The summed E-state index contributed by atoms with van der Waals surface area (Å²) in [4.78, 5) is 17.5. The maximum Gasteiger partial charge on any atom is 0.256 e. The number of amides is 1. The number of carbonyl (C=O) groups excluding carboxylic acids is 1. The lowest BCUT2D eigenvalue weighted by atomic mass is 10.1. The van der Waals surface area contributed by atoms with Crippen LogP contribution in [0.15, 0.2) is 18.5 Å². The van der Waals surface area contributed by atoms with Crippen molar-refractivity contribution in [3.8, 4) is 0 Å². The van der Waals surface area contributed by atoms with Crippen LogP contribution in [0.2, 0.25) is 0 Å². The molecule has 0 atom stereocenters. The van der Waals surface area contributed by atoms with Crippen LogP contribution < -0.4 is 0 Å². The topological polar surface area (TPSA) is 51.7 Å². The minimum absolute atomic E-state index is 0.0840. The van der Waals surface area contributed by atoms with Crippen molar-refractivity contribution in [1.82, 2.24) is 9.88 Å². The van der Waals surface area contributed by atoms with Gasteiger partial charge in [-0.3, -0.25) is 9.78 Å². The molecule has 1 aliphatic rings. The van der Waals surface area contributed by atoms with Gasteiger partial charge in [-0.25, -0.2) is 4.39 Å². The zero-order valence-corrected chi connectivity index (χ0v) is 12.3. The van der Waals surface area contributed by atoms with Crippen LogP contribution in [0.3, 0.4) is 0 Å². The first-order chi connectivity index (χ1) is 10.2. The Hall–Kier alpha value is -1.53. The third-order valence-corrected chi connectivity index (χ3v) is 3.52. The van der Waals surface area contributed by atoms with E-state index in [1.165, 1.54) is 12.3 Å². The summed E-state index contributed by atoms with van der Waals surface area (Å²) in [6.07, 6.45) is 4.18. The highest BCUT2D eigenvalue weighted by molar-refractivity contribution is 5.94. The van der Waals surface area contributed by atoms with Crippen molar-refractivity contribution in [3.05, 3.63) is 29.8 Å². The van der Waals surface area contributed by atoms with Crippen molar-refractivity contribution < 1.29 is 18.7 Å². The molecular weight excluding hydrogens is 275 g/mol. The van der Waals surface area contributed by atoms with Gasteiger partial charge in [0, 0.05) is 25.9 Å². The summed E-state index contributed by atoms with van der Waals surface area (Å²) in [5.74, 6) is -0.847. The summed E-state index contributed by atoms with van der Waals surface area (Å²) in [6, 6.07) is 1.42. The maximum absolute atomic E-state index is 13.6. The van der Waals surface area contributed by atoms with Crippen molar-refractivity contribution in [2.75, 3.05) is 32.9 Å². The summed E-state index contributed by atoms with van der Waals surface area (Å²) < 4.78 is 24.5. The molecule has 0 unspecified atom stereocenters. The fourth-order valence-electron chi connectivity index (χ4n) is 2.36. The molecule has 0 aliphatic carbocycles. The van der Waals surface area contributed by atoms with Gasteiger partial charge in [-0.05, 0) is 25.8 Å². The van der Waals surface area contributed by atoms with Gasteiger partial charge in [-0.1, -0.05) is 0 Å². The van der Waals surface area contributed by atoms with Gasteiger partial charge >= 0.3 is 0 Å². The van der Waals surface area contributed by atoms with E-state index in [0.717, 1.165) is 19.0 Å². The predicted molar refractivity (Wildman–Crippen MR) is 75.6 cm³/mol. The Morgan fingerprint density at radius 1 is 1.43 bits per heavy atom. The molecule has 0 saturated carbocycles. The molecular formula is C15H21FN2O3. The number of aromatic nitrogens is 1. The van der Waals surface area contributed by atoms with Crippen molar-refractivity contribution in [1.29, 1.82) is 0 Å². The van der Waals surface area contributed by atoms with E-state index in [1.807, 2.05) is 6.92 Å². The van der Waals surface area contributed by atoms with Crippen LogP contribution in [-0.2, 0) is 9.47 Å². The SMILES string of the molecule is CCOCCOC1CCN(C(=O)c2ccncc2F)CC1. The van der Waals surface area contributed by atoms with E-state index in [1.54, 1.807) is 4.90 Å². The Bertz CT molecular complexity index is 462. The Kier molecular flexibility index (Phi) is 6.07. The van der Waals surface area contributed by atoms with Crippen molar-refractivity contribution in [2.24, 2.45) is 0 Å². The molecule has 0 radical (unpaired) electrons. The molecule has 6 heteroatoms. The van der Waals surface area contributed by atoms with E-state index in [4.69, 9.17) is 9.47 Å². The highest BCUT2D eigenvalue weighted by Crippen LogP contribution is 2.17. The average Bonchev–Trinajstić information content (AvgIpc) is 2.52. The normalized spacial score (nSPS) is 16.2. The molecule has 1 amide bonds. The van der Waals surface area contributed by atoms with Gasteiger partial charge in [-0.15, -0.1) is 0 Å². The highest BCUT2D eigenvalue weighted by Gasteiger charge is 2.25. The smallest absolute Gasteiger partial charge is 0.256 e. The Labute approximate surface area is 124 Å². The van der Waals surface area contributed by atoms with E-state index in [9.17, 15) is 9.18 Å². The molecule has 0 aromatic carbocycles. The predicted octanol–water partition coefficient (Wildman–Crippen LogP) is 1.88. The van der Waals surface area contributed by atoms with Crippen molar-refractivity contribution >= 4 is 5.91 Å². The summed E-state index contributed by atoms with van der Waals surface area (Å²) in [5, 5.41) is 0. The minimum atomic E-state index is -0.572. The van der Waals surface area contributed by atoms with Gasteiger partial charge in [0.1, 0.15) is 0 Å². The number of nitrogens with zero attached hydrogens (tertiary/aromatic N) is 2. The molecule has 5 nitrogen and oxygen atoms in total. The van der Waals surface area contributed by atoms with E-state index in [-0.39, 0.29) is 17.6 Å². The van der Waals surface area contributed by atoms with E-state index in [2.05, 4.69) is 4.98 Å². The quantitative estimate of drug-likeness (QED) is 0.752. The van der Waals surface area contributed by atoms with Crippen LogP contribution in [0.4, 0.5) is 4.39 Å². The molecule has 2 heterocycles. The second-order valence-corrected chi connectivity index (χ2v) is 4.91. The third-order valence-electron chi connectivity index (χ3n) is 3.52. The molecule has 21 heavy (non-hydrogen) atoms. The molecule has 1 saturated heterocycles. The van der Waals surface area contributed by atoms with Gasteiger partial charge in [0.25, 0.3) is 5.91 Å². The van der Waals surface area contributed by atoms with E-state index in [0.29, 0.717) is 32.9 Å². The lowest BCUT2D eigenvalue weighted by molar-refractivity contribution is -0.0183. The molecule has 1 fully saturated rings. The van der Waals surface area contributed by atoms with Gasteiger partial charge in [0.05, 0.1) is 31.1 Å². The first kappa shape index (κ1) is 15.9. The van der Waals surface area contributed by atoms with E-state index < -0.39 is 5.82 Å². The highest BCUT2D eigenvalue weighted by atomic mass is 19.1. The van der Waals surface area contributed by atoms with Crippen LogP contribution in [0, 0.1) is 5.82 Å². The monoisotopic (exact) mass is 296 g/mol. The van der Waals surface area contributed by atoms with Crippen LogP contribution >= 0.6 is 0 Å². The fraction of sp³-hybridized carbons (Fsp3) is 0.600. The third kappa shape index (κ3) is 4.47. The summed E-state index contributed by atoms with van der Waals surface area (Å²) in [6.45, 7) is 4.97. The summed E-state index contributed by atoms with van der Waals surface area (Å²) in [7, 11) is 0. The number of hydrogen-bond acceptors (Lipinski definition) is 4. The van der Waals surface area contributed by atoms with Gasteiger partial charge in [0.2, 0.25) is 0 Å². The largest absolute Gasteiger partial charge is 0.379 e. The molecule has 116 valence electrons. The first-order valence-corrected chi connectivity index (χ1v) is 7.30. The number of halogens is 1. The number of piperidine rings is 1. The van der Waals surface area contributed by atoms with Gasteiger partial charge < -0.3 is 14.4 Å². The van der Waals surface area contributed by atoms with Gasteiger partial charge in [-0.2, -0.15) is 0 Å². The fourth-order valence-corrected chi connectivity index (χ4v) is 2.36. The summed E-state index contributed by atoms with van der Waals surface area (Å²) in [5.41, 5.74) is 0.0840. The van der Waals surface area contributed by atoms with Crippen LogP contribution in [-0.4, -0.2) is 54.8 Å². The molecule has 2 rings (SSSR count). The number of carbonyl (C=O) groups is 1. The molecule has 0 N–H and O–H groups in total. The van der Waals surface area contributed by atoms with Crippen LogP contribution in [0.5, 0.6) is 0 Å². The number of hydrogen-bond donors (Lipinski definition) is 0. The molecule has 0 bridgehead atoms. The molecule has 1 aromatic rings. The Balaban J connectivity index is 1.78. The molecule has 1 aliphatic heterocycles. The van der Waals surface area contributed by atoms with Crippen LogP contribution in [0.25, 0.3) is 0 Å². The first-order valence-electron chi connectivity index (χ1n) is 7.30. The van der Waals surface area contributed by atoms with E-state index >= 15 is 0 Å². The second-order valence-electron chi connectivity index (χ2n) is 4.91. The number of ether oxygens (including phenoxy) is 2. The number of likely N-dealkylation sites (tertiary alicyclic amines) is 1. The standard InChI is InChI=1S/C15H21FN2O3/c1-2-20-9-10-21-12-4-7-18(8-5-12)15(19)13-3-6-17-11-14(13)16/h3,6,11-12H,2,4-5,7-10H2,1H3. The second kappa shape index (κ2) is 8.05.